The Balaban J connectivity index is 1.90. The Morgan fingerprint density at radius 2 is 1.82 bits per heavy atom. The maximum Gasteiger partial charge on any atom is 0.338 e. The molecule has 0 N–H and O–H groups in total. The zero-order chi connectivity index (χ0) is 20.8. The fourth-order valence-electron chi connectivity index (χ4n) is 4.60. The van der Waals surface area contributed by atoms with Crippen LogP contribution in [0.3, 0.4) is 0 Å². The van der Waals surface area contributed by atoms with Crippen LogP contribution in [0.15, 0.2) is 53.1 Å². The molecular formula is C20H21BrO6S. The van der Waals surface area contributed by atoms with Crippen molar-refractivity contribution in [3.63, 3.8) is 0 Å². The van der Waals surface area contributed by atoms with E-state index in [4.69, 9.17) is 13.7 Å². The van der Waals surface area contributed by atoms with Crippen LogP contribution in [-0.4, -0.2) is 38.0 Å². The lowest BCUT2D eigenvalue weighted by atomic mass is 9.47. The van der Waals surface area contributed by atoms with Gasteiger partial charge in [0.2, 0.25) is 11.6 Å². The zero-order valence-electron chi connectivity index (χ0n) is 16.0. The normalized spacial score (nSPS) is 39.2. The van der Waals surface area contributed by atoms with Crippen molar-refractivity contribution >= 4 is 31.8 Å². The van der Waals surface area contributed by atoms with Gasteiger partial charge in [-0.25, -0.2) is 0 Å². The number of carbonyl (C=O) groups is 1. The van der Waals surface area contributed by atoms with Gasteiger partial charge in [0, 0.05) is 12.5 Å². The molecule has 1 heterocycles. The number of benzene rings is 1. The minimum atomic E-state index is -4.12. The van der Waals surface area contributed by atoms with Crippen molar-refractivity contribution in [2.24, 2.45) is 10.8 Å². The molecule has 150 valence electrons. The number of halogens is 1. The predicted octanol–water partition coefficient (Wildman–Crippen LogP) is 3.26. The second-order valence-electron chi connectivity index (χ2n) is 7.95. The van der Waals surface area contributed by atoms with Gasteiger partial charge in [-0.2, -0.15) is 8.42 Å². The Morgan fingerprint density at radius 3 is 2.39 bits per heavy atom. The quantitative estimate of drug-likeness (QED) is 0.383. The summed E-state index contributed by atoms with van der Waals surface area (Å²) in [5, 5.41) is 0. The SMILES string of the molecule is C=C1C2(Br)C=C(OS(=O)(=O)c3ccc(C)cc3)C3(C)C1(C)COC3(OC)C2=O. The molecule has 1 aliphatic heterocycles. The van der Waals surface area contributed by atoms with Gasteiger partial charge in [0.05, 0.1) is 12.0 Å². The first-order valence-electron chi connectivity index (χ1n) is 8.76. The van der Waals surface area contributed by atoms with Crippen molar-refractivity contribution < 1.29 is 26.9 Å². The molecule has 0 spiro atoms. The molecule has 1 saturated carbocycles. The van der Waals surface area contributed by atoms with Crippen LogP contribution in [0.1, 0.15) is 19.4 Å². The number of hydrogen-bond acceptors (Lipinski definition) is 6. The predicted molar refractivity (Wildman–Crippen MR) is 105 cm³/mol. The van der Waals surface area contributed by atoms with E-state index in [9.17, 15) is 13.2 Å². The highest BCUT2D eigenvalue weighted by Crippen LogP contribution is 2.73. The molecule has 4 atom stereocenters. The van der Waals surface area contributed by atoms with Crippen LogP contribution >= 0.6 is 15.9 Å². The number of aryl methyl sites for hydroxylation is 1. The second kappa shape index (κ2) is 5.56. The lowest BCUT2D eigenvalue weighted by molar-refractivity contribution is -0.238. The Hall–Kier alpha value is -1.48. The molecule has 8 heteroatoms. The molecule has 2 fully saturated rings. The van der Waals surface area contributed by atoms with Crippen molar-refractivity contribution in [2.75, 3.05) is 13.7 Å². The molecular weight excluding hydrogens is 448 g/mol. The molecule has 1 saturated heterocycles. The summed E-state index contributed by atoms with van der Waals surface area (Å²) in [4.78, 5) is 13.3. The fourth-order valence-corrected chi connectivity index (χ4v) is 6.53. The smallest absolute Gasteiger partial charge is 0.338 e. The van der Waals surface area contributed by atoms with Crippen LogP contribution in [-0.2, 0) is 28.6 Å². The number of methoxy groups -OCH3 is 1. The van der Waals surface area contributed by atoms with Crippen LogP contribution in [0, 0.1) is 17.8 Å². The van der Waals surface area contributed by atoms with E-state index in [1.165, 1.54) is 25.3 Å². The van der Waals surface area contributed by atoms with E-state index >= 15 is 0 Å². The van der Waals surface area contributed by atoms with Crippen LogP contribution in [0.2, 0.25) is 0 Å². The van der Waals surface area contributed by atoms with Crippen molar-refractivity contribution in [3.8, 4) is 0 Å². The lowest BCUT2D eigenvalue weighted by Crippen LogP contribution is -2.71. The lowest BCUT2D eigenvalue weighted by Gasteiger charge is -2.59. The van der Waals surface area contributed by atoms with Crippen LogP contribution in [0.4, 0.5) is 0 Å². The molecule has 3 aliphatic carbocycles. The van der Waals surface area contributed by atoms with Gasteiger partial charge in [-0.3, -0.25) is 4.79 Å². The van der Waals surface area contributed by atoms with Gasteiger partial charge in [0.25, 0.3) is 0 Å². The van der Waals surface area contributed by atoms with Crippen molar-refractivity contribution in [3.05, 3.63) is 53.8 Å². The number of allylic oxidation sites excluding steroid dienone is 1. The summed E-state index contributed by atoms with van der Waals surface area (Å²) in [6.45, 7) is 9.76. The van der Waals surface area contributed by atoms with E-state index in [0.717, 1.165) is 5.56 Å². The third-order valence-corrected chi connectivity index (χ3v) is 9.00. The average molecular weight is 469 g/mol. The number of carbonyl (C=O) groups excluding carboxylic acids is 1. The maximum atomic E-state index is 13.3. The van der Waals surface area contributed by atoms with E-state index < -0.39 is 31.1 Å². The van der Waals surface area contributed by atoms with E-state index in [0.29, 0.717) is 5.57 Å². The minimum absolute atomic E-state index is 0.0303. The van der Waals surface area contributed by atoms with Crippen molar-refractivity contribution in [2.45, 2.75) is 35.8 Å². The summed E-state index contributed by atoms with van der Waals surface area (Å²) >= 11 is 3.47. The number of ketones is 1. The zero-order valence-corrected chi connectivity index (χ0v) is 18.4. The summed E-state index contributed by atoms with van der Waals surface area (Å²) in [6.07, 6.45) is 1.48. The third-order valence-electron chi connectivity index (χ3n) is 6.68. The van der Waals surface area contributed by atoms with Crippen molar-refractivity contribution in [1.29, 1.82) is 0 Å². The molecule has 4 aliphatic rings. The van der Waals surface area contributed by atoms with E-state index in [1.54, 1.807) is 19.1 Å². The molecule has 28 heavy (non-hydrogen) atoms. The summed E-state index contributed by atoms with van der Waals surface area (Å²) in [5.41, 5.74) is -0.443. The largest absolute Gasteiger partial charge is 0.383 e. The standard InChI is InChI=1S/C20H21BrO6S/c1-12-6-8-14(9-7-12)28(23,24)27-15-10-19(21)13(2)17(3)11-26-20(25-5,16(19)22)18(15,17)4/h6-10H,2,11H2,1,3-5H3. The van der Waals surface area contributed by atoms with Gasteiger partial charge in [0.15, 0.2) is 0 Å². The summed E-state index contributed by atoms with van der Waals surface area (Å²) in [6, 6.07) is 6.37. The molecule has 4 unspecified atom stereocenters. The molecule has 1 aromatic carbocycles. The summed E-state index contributed by atoms with van der Waals surface area (Å²) in [5.74, 6) is -1.93. The second-order valence-corrected chi connectivity index (χ2v) is 10.7. The molecule has 0 amide bonds. The summed E-state index contributed by atoms with van der Waals surface area (Å²) < 4.78 is 41.7. The molecule has 0 aromatic heterocycles. The average Bonchev–Trinajstić information content (AvgIpc) is 2.87. The highest BCUT2D eigenvalue weighted by atomic mass is 79.9. The first-order valence-corrected chi connectivity index (χ1v) is 11.0. The van der Waals surface area contributed by atoms with Crippen molar-refractivity contribution in [1.82, 2.24) is 0 Å². The van der Waals surface area contributed by atoms with Gasteiger partial charge in [-0.1, -0.05) is 47.1 Å². The van der Waals surface area contributed by atoms with Gasteiger partial charge in [-0.05, 0) is 37.6 Å². The number of hydrogen-bond donors (Lipinski definition) is 0. The minimum Gasteiger partial charge on any atom is -0.383 e. The molecule has 4 bridgehead atoms. The molecule has 5 rings (SSSR count). The van der Waals surface area contributed by atoms with Crippen LogP contribution < -0.4 is 0 Å². The van der Waals surface area contributed by atoms with Crippen LogP contribution in [0.5, 0.6) is 0 Å². The monoisotopic (exact) mass is 468 g/mol. The number of alkyl halides is 1. The Labute approximate surface area is 172 Å². The van der Waals surface area contributed by atoms with Gasteiger partial charge in [0.1, 0.15) is 15.0 Å². The van der Waals surface area contributed by atoms with Crippen LogP contribution in [0.25, 0.3) is 0 Å². The Kier molecular flexibility index (Phi) is 3.94. The topological polar surface area (TPSA) is 78.9 Å². The Morgan fingerprint density at radius 1 is 1.21 bits per heavy atom. The Bertz CT molecular complexity index is 1040. The fraction of sp³-hybridized carbons (Fsp3) is 0.450. The number of Topliss-reactive ketones (excluding diaryl/α,β-unsaturated/α-hetero) is 1. The highest BCUT2D eigenvalue weighted by molar-refractivity contribution is 9.10. The molecule has 6 nitrogen and oxygen atoms in total. The first-order chi connectivity index (χ1) is 12.9. The van der Waals surface area contributed by atoms with E-state index in [-0.39, 0.29) is 23.0 Å². The maximum absolute atomic E-state index is 13.3. The van der Waals surface area contributed by atoms with Gasteiger partial charge in [-0.15, -0.1) is 0 Å². The molecule has 1 aromatic rings. The van der Waals surface area contributed by atoms with Gasteiger partial charge < -0.3 is 13.7 Å². The van der Waals surface area contributed by atoms with E-state index in [1.807, 2.05) is 13.8 Å². The van der Waals surface area contributed by atoms with E-state index in [2.05, 4.69) is 22.5 Å². The molecule has 0 radical (unpaired) electrons. The number of rotatable bonds is 4. The van der Waals surface area contributed by atoms with Gasteiger partial charge >= 0.3 is 10.1 Å². The third kappa shape index (κ3) is 1.99. The number of ether oxygens (including phenoxy) is 2. The highest BCUT2D eigenvalue weighted by Gasteiger charge is 2.83. The summed E-state index contributed by atoms with van der Waals surface area (Å²) in [7, 11) is -2.75. The first kappa shape index (κ1) is 19.8.